The fourth-order valence-electron chi connectivity index (χ4n) is 2.71. The second kappa shape index (κ2) is 7.41. The van der Waals surface area contributed by atoms with Crippen LogP contribution in [0.1, 0.15) is 24.0 Å². The van der Waals surface area contributed by atoms with Gasteiger partial charge in [0.1, 0.15) is 5.15 Å². The third-order valence-electron chi connectivity index (χ3n) is 4.36. The molecule has 126 valence electrons. The van der Waals surface area contributed by atoms with Gasteiger partial charge >= 0.3 is 0 Å². The van der Waals surface area contributed by atoms with Crippen molar-refractivity contribution in [3.63, 3.8) is 0 Å². The van der Waals surface area contributed by atoms with Crippen molar-refractivity contribution in [2.75, 3.05) is 13.6 Å². The van der Waals surface area contributed by atoms with E-state index in [1.54, 1.807) is 19.3 Å². The Morgan fingerprint density at radius 2 is 2.04 bits per heavy atom. The zero-order valence-electron chi connectivity index (χ0n) is 13.5. The van der Waals surface area contributed by atoms with Crippen LogP contribution < -0.4 is 10.6 Å². The molecule has 1 aliphatic rings. The van der Waals surface area contributed by atoms with Crippen molar-refractivity contribution >= 4 is 29.2 Å². The third-order valence-corrected chi connectivity index (χ3v) is 4.82. The molecule has 2 N–H and O–H groups in total. The predicted octanol–water partition coefficient (Wildman–Crippen LogP) is 3.79. The van der Waals surface area contributed by atoms with Crippen LogP contribution in [0.15, 0.2) is 47.6 Å². The van der Waals surface area contributed by atoms with Crippen molar-refractivity contribution in [2.24, 2.45) is 4.99 Å². The summed E-state index contributed by atoms with van der Waals surface area (Å²) in [6.45, 7) is 1.49. The van der Waals surface area contributed by atoms with Gasteiger partial charge in [-0.3, -0.25) is 4.99 Å². The van der Waals surface area contributed by atoms with Crippen molar-refractivity contribution in [2.45, 2.75) is 24.8 Å². The SMILES string of the molecule is CN=C(NCc1ccc(Cl)nc1)NCC1(c2cccc(Cl)c2)CC1. The van der Waals surface area contributed by atoms with Gasteiger partial charge in [0, 0.05) is 36.8 Å². The summed E-state index contributed by atoms with van der Waals surface area (Å²) in [4.78, 5) is 8.36. The lowest BCUT2D eigenvalue weighted by Gasteiger charge is -2.19. The summed E-state index contributed by atoms with van der Waals surface area (Å²) in [5, 5.41) is 8.01. The molecular weight excluding hydrogens is 343 g/mol. The summed E-state index contributed by atoms with van der Waals surface area (Å²) < 4.78 is 0. The smallest absolute Gasteiger partial charge is 0.191 e. The number of hydrogen-bond acceptors (Lipinski definition) is 2. The largest absolute Gasteiger partial charge is 0.356 e. The second-order valence-electron chi connectivity index (χ2n) is 6.06. The first-order valence-electron chi connectivity index (χ1n) is 7.92. The lowest BCUT2D eigenvalue weighted by Crippen LogP contribution is -2.40. The highest BCUT2D eigenvalue weighted by Gasteiger charge is 2.44. The molecule has 1 fully saturated rings. The average molecular weight is 363 g/mol. The molecule has 0 unspecified atom stereocenters. The Labute approximate surface area is 152 Å². The van der Waals surface area contributed by atoms with Crippen LogP contribution in [0.5, 0.6) is 0 Å². The van der Waals surface area contributed by atoms with Gasteiger partial charge in [0.15, 0.2) is 5.96 Å². The Morgan fingerprint density at radius 1 is 1.21 bits per heavy atom. The summed E-state index contributed by atoms with van der Waals surface area (Å²) in [6.07, 6.45) is 4.09. The van der Waals surface area contributed by atoms with E-state index in [4.69, 9.17) is 23.2 Å². The van der Waals surface area contributed by atoms with E-state index < -0.39 is 0 Å². The van der Waals surface area contributed by atoms with Crippen molar-refractivity contribution in [1.29, 1.82) is 0 Å². The second-order valence-corrected chi connectivity index (χ2v) is 6.88. The molecule has 1 aromatic heterocycles. The number of guanidine groups is 1. The maximum Gasteiger partial charge on any atom is 0.191 e. The zero-order valence-corrected chi connectivity index (χ0v) is 15.0. The molecule has 0 spiro atoms. The highest BCUT2D eigenvalue weighted by Crippen LogP contribution is 2.48. The molecule has 1 saturated carbocycles. The number of hydrogen-bond donors (Lipinski definition) is 2. The maximum atomic E-state index is 6.13. The molecule has 2 aromatic rings. The number of nitrogens with one attached hydrogen (secondary N) is 2. The molecule has 6 heteroatoms. The summed E-state index contributed by atoms with van der Waals surface area (Å²) in [6, 6.07) is 11.9. The minimum atomic E-state index is 0.171. The van der Waals surface area contributed by atoms with Crippen LogP contribution in [-0.4, -0.2) is 24.5 Å². The van der Waals surface area contributed by atoms with Crippen molar-refractivity contribution in [3.8, 4) is 0 Å². The Bertz CT molecular complexity index is 724. The summed E-state index contributed by atoms with van der Waals surface area (Å²) in [5.41, 5.74) is 2.52. The molecule has 24 heavy (non-hydrogen) atoms. The molecule has 1 aliphatic carbocycles. The van der Waals surface area contributed by atoms with E-state index in [1.807, 2.05) is 18.2 Å². The molecule has 4 nitrogen and oxygen atoms in total. The van der Waals surface area contributed by atoms with Gasteiger partial charge in [-0.1, -0.05) is 41.4 Å². The third kappa shape index (κ3) is 4.19. The monoisotopic (exact) mass is 362 g/mol. The molecule has 0 aliphatic heterocycles. The molecule has 1 heterocycles. The van der Waals surface area contributed by atoms with Crippen molar-refractivity contribution < 1.29 is 0 Å². The fraction of sp³-hybridized carbons (Fsp3) is 0.333. The molecule has 0 radical (unpaired) electrons. The van der Waals surface area contributed by atoms with E-state index in [9.17, 15) is 0 Å². The fourth-order valence-corrected chi connectivity index (χ4v) is 3.01. The van der Waals surface area contributed by atoms with E-state index in [-0.39, 0.29) is 5.41 Å². The molecule has 1 aromatic carbocycles. The quantitative estimate of drug-likeness (QED) is 0.483. The maximum absolute atomic E-state index is 6.13. The van der Waals surface area contributed by atoms with E-state index in [2.05, 4.69) is 32.7 Å². The van der Waals surface area contributed by atoms with Crippen LogP contribution in [0.4, 0.5) is 0 Å². The minimum Gasteiger partial charge on any atom is -0.356 e. The van der Waals surface area contributed by atoms with Crippen LogP contribution in [0.3, 0.4) is 0 Å². The van der Waals surface area contributed by atoms with Gasteiger partial charge < -0.3 is 10.6 Å². The summed E-state index contributed by atoms with van der Waals surface area (Å²) in [5.74, 6) is 0.776. The molecule has 0 atom stereocenters. The number of pyridine rings is 1. The zero-order chi connectivity index (χ0) is 17.0. The lowest BCUT2D eigenvalue weighted by molar-refractivity contribution is 0.645. The summed E-state index contributed by atoms with van der Waals surface area (Å²) >= 11 is 11.9. The number of aliphatic imine (C=N–C) groups is 1. The molecular formula is C18H20Cl2N4. The lowest BCUT2D eigenvalue weighted by atomic mass is 9.96. The van der Waals surface area contributed by atoms with Gasteiger partial charge in [-0.25, -0.2) is 4.98 Å². The van der Waals surface area contributed by atoms with Gasteiger partial charge in [-0.05, 0) is 42.2 Å². The Kier molecular flexibility index (Phi) is 5.27. The number of aromatic nitrogens is 1. The highest BCUT2D eigenvalue weighted by atomic mass is 35.5. The Balaban J connectivity index is 1.55. The van der Waals surface area contributed by atoms with Gasteiger partial charge in [0.2, 0.25) is 0 Å². The minimum absolute atomic E-state index is 0.171. The van der Waals surface area contributed by atoms with Crippen molar-refractivity contribution in [3.05, 3.63) is 63.9 Å². The van der Waals surface area contributed by atoms with Gasteiger partial charge in [-0.2, -0.15) is 0 Å². The highest BCUT2D eigenvalue weighted by molar-refractivity contribution is 6.30. The number of benzene rings is 1. The Hall–Kier alpha value is -1.78. The first kappa shape index (κ1) is 17.1. The average Bonchev–Trinajstić information content (AvgIpc) is 3.38. The van der Waals surface area contributed by atoms with E-state index >= 15 is 0 Å². The number of nitrogens with zero attached hydrogens (tertiary/aromatic N) is 2. The Morgan fingerprint density at radius 3 is 2.67 bits per heavy atom. The molecule has 3 rings (SSSR count). The van der Waals surface area contributed by atoms with Gasteiger partial charge in [0.05, 0.1) is 0 Å². The van der Waals surface area contributed by atoms with Crippen LogP contribution in [0.2, 0.25) is 10.2 Å². The number of rotatable bonds is 5. The van der Waals surface area contributed by atoms with Crippen LogP contribution in [0, 0.1) is 0 Å². The van der Waals surface area contributed by atoms with Crippen LogP contribution in [-0.2, 0) is 12.0 Å². The van der Waals surface area contributed by atoms with Crippen LogP contribution >= 0.6 is 23.2 Å². The first-order valence-corrected chi connectivity index (χ1v) is 8.68. The standard InChI is InChI=1S/C18H20Cl2N4/c1-21-17(23-11-13-5-6-16(20)22-10-13)24-12-18(7-8-18)14-3-2-4-15(19)9-14/h2-6,9-10H,7-8,11-12H2,1H3,(H2,21,23,24). The summed E-state index contributed by atoms with van der Waals surface area (Å²) in [7, 11) is 1.77. The molecule has 0 saturated heterocycles. The van der Waals surface area contributed by atoms with Gasteiger partial charge in [0.25, 0.3) is 0 Å². The van der Waals surface area contributed by atoms with E-state index in [0.29, 0.717) is 11.7 Å². The normalized spacial score (nSPS) is 15.9. The van der Waals surface area contributed by atoms with E-state index in [1.165, 1.54) is 18.4 Å². The topological polar surface area (TPSA) is 49.3 Å². The predicted molar refractivity (Wildman–Crippen MR) is 99.8 cm³/mol. The van der Waals surface area contributed by atoms with E-state index in [0.717, 1.165) is 23.1 Å². The number of halogens is 2. The first-order chi connectivity index (χ1) is 11.6. The van der Waals surface area contributed by atoms with Gasteiger partial charge in [-0.15, -0.1) is 0 Å². The molecule has 0 amide bonds. The van der Waals surface area contributed by atoms with Crippen molar-refractivity contribution in [1.82, 2.24) is 15.6 Å². The van der Waals surface area contributed by atoms with Crippen LogP contribution in [0.25, 0.3) is 0 Å². The molecule has 0 bridgehead atoms.